The fourth-order valence-corrected chi connectivity index (χ4v) is 4.85. The summed E-state index contributed by atoms with van der Waals surface area (Å²) in [6, 6.07) is 14.6. The summed E-state index contributed by atoms with van der Waals surface area (Å²) in [5.41, 5.74) is 4.31. The number of halogens is 1. The maximum atomic E-state index is 14.2. The number of rotatable bonds is 7. The summed E-state index contributed by atoms with van der Waals surface area (Å²) in [6.07, 6.45) is 0. The first-order valence-corrected chi connectivity index (χ1v) is 13.1. The largest absolute Gasteiger partial charge is 0.354 e. The highest BCUT2D eigenvalue weighted by atomic mass is 19.1. The van der Waals surface area contributed by atoms with Crippen molar-refractivity contribution in [3.05, 3.63) is 71.2 Å². The standard InChI is InChI=1S/C29H39FN6O/c1-20(2)33-14-16-34(17-15-33)28-26(23(6)32-36(28)25-12-9-11-24(30)18-25)19-35(21(3)4)29(37)31-27-13-8-7-10-22(27)5/h7-13,18,20-21H,14-17,19H2,1-6H3,(H,31,37). The average Bonchev–Trinajstić information content (AvgIpc) is 3.19. The molecule has 0 aliphatic carbocycles. The first-order chi connectivity index (χ1) is 17.7. The van der Waals surface area contributed by atoms with Crippen LogP contribution in [0.2, 0.25) is 0 Å². The second-order valence-electron chi connectivity index (χ2n) is 10.4. The molecule has 2 aromatic carbocycles. The molecule has 1 saturated heterocycles. The molecule has 37 heavy (non-hydrogen) atoms. The van der Waals surface area contributed by atoms with Crippen molar-refractivity contribution in [2.75, 3.05) is 36.4 Å². The predicted molar refractivity (Wildman–Crippen MR) is 148 cm³/mol. The van der Waals surface area contributed by atoms with Gasteiger partial charge in [-0.2, -0.15) is 5.10 Å². The zero-order valence-corrected chi connectivity index (χ0v) is 22.8. The lowest BCUT2D eigenvalue weighted by atomic mass is 10.1. The summed E-state index contributed by atoms with van der Waals surface area (Å²) < 4.78 is 16.1. The minimum atomic E-state index is -0.302. The van der Waals surface area contributed by atoms with Crippen LogP contribution in [-0.4, -0.2) is 63.9 Å². The maximum Gasteiger partial charge on any atom is 0.322 e. The Labute approximate surface area is 219 Å². The molecule has 1 aromatic heterocycles. The van der Waals surface area contributed by atoms with Crippen molar-refractivity contribution in [2.45, 2.75) is 60.2 Å². The summed E-state index contributed by atoms with van der Waals surface area (Å²) in [4.78, 5) is 20.1. The number of aromatic nitrogens is 2. The van der Waals surface area contributed by atoms with Crippen LogP contribution >= 0.6 is 0 Å². The highest BCUT2D eigenvalue weighted by Crippen LogP contribution is 2.31. The summed E-state index contributed by atoms with van der Waals surface area (Å²) in [7, 11) is 0. The summed E-state index contributed by atoms with van der Waals surface area (Å²) in [5, 5.41) is 7.94. The third-order valence-electron chi connectivity index (χ3n) is 7.15. The molecule has 0 atom stereocenters. The quantitative estimate of drug-likeness (QED) is 0.453. The number of anilines is 2. The number of carbonyl (C=O) groups is 1. The highest BCUT2D eigenvalue weighted by molar-refractivity contribution is 5.90. The van der Waals surface area contributed by atoms with Gasteiger partial charge in [0, 0.05) is 49.5 Å². The maximum absolute atomic E-state index is 14.2. The molecule has 0 spiro atoms. The molecular weight excluding hydrogens is 467 g/mol. The number of hydrogen-bond donors (Lipinski definition) is 1. The molecule has 0 unspecified atom stereocenters. The number of hydrogen-bond acceptors (Lipinski definition) is 4. The van der Waals surface area contributed by atoms with E-state index in [9.17, 15) is 9.18 Å². The number of piperazine rings is 1. The average molecular weight is 507 g/mol. The van der Waals surface area contributed by atoms with E-state index in [1.54, 1.807) is 6.07 Å². The van der Waals surface area contributed by atoms with Crippen LogP contribution in [0.1, 0.15) is 44.5 Å². The highest BCUT2D eigenvalue weighted by Gasteiger charge is 2.29. The fraction of sp³-hybridized carbons (Fsp3) is 0.448. The van der Waals surface area contributed by atoms with Gasteiger partial charge in [0.05, 0.1) is 17.9 Å². The number of nitrogens with one attached hydrogen (secondary N) is 1. The van der Waals surface area contributed by atoms with Crippen molar-refractivity contribution in [1.29, 1.82) is 0 Å². The van der Waals surface area contributed by atoms with Gasteiger partial charge in [-0.15, -0.1) is 0 Å². The van der Waals surface area contributed by atoms with Gasteiger partial charge >= 0.3 is 6.03 Å². The van der Waals surface area contributed by atoms with Crippen molar-refractivity contribution in [3.8, 4) is 5.69 Å². The van der Waals surface area contributed by atoms with E-state index in [1.165, 1.54) is 12.1 Å². The Kier molecular flexibility index (Phi) is 8.17. The lowest BCUT2D eigenvalue weighted by molar-refractivity contribution is 0.193. The Balaban J connectivity index is 1.70. The molecule has 8 heteroatoms. The van der Waals surface area contributed by atoms with Crippen LogP contribution in [0.25, 0.3) is 5.69 Å². The zero-order chi connectivity index (χ0) is 26.7. The summed E-state index contributed by atoms with van der Waals surface area (Å²) in [6.45, 7) is 16.4. The second-order valence-corrected chi connectivity index (χ2v) is 10.4. The van der Waals surface area contributed by atoms with E-state index in [0.29, 0.717) is 18.3 Å². The smallest absolute Gasteiger partial charge is 0.322 e. The van der Waals surface area contributed by atoms with Crippen molar-refractivity contribution in [1.82, 2.24) is 19.6 Å². The lowest BCUT2D eigenvalue weighted by Crippen LogP contribution is -2.49. The Morgan fingerprint density at radius 2 is 1.73 bits per heavy atom. The van der Waals surface area contributed by atoms with E-state index in [0.717, 1.165) is 54.5 Å². The Bertz CT molecular complexity index is 1230. The van der Waals surface area contributed by atoms with Gasteiger partial charge < -0.3 is 15.1 Å². The molecule has 0 bridgehead atoms. The second kappa shape index (κ2) is 11.3. The van der Waals surface area contributed by atoms with Crippen molar-refractivity contribution < 1.29 is 9.18 Å². The van der Waals surface area contributed by atoms with Gasteiger partial charge in [0.1, 0.15) is 11.6 Å². The number of carbonyl (C=O) groups excluding carboxylic acids is 1. The topological polar surface area (TPSA) is 56.6 Å². The van der Waals surface area contributed by atoms with E-state index in [1.807, 2.05) is 67.6 Å². The number of benzene rings is 2. The molecule has 1 N–H and O–H groups in total. The van der Waals surface area contributed by atoms with Gasteiger partial charge in [0.2, 0.25) is 0 Å². The first kappa shape index (κ1) is 26.7. The SMILES string of the molecule is Cc1ccccc1NC(=O)N(Cc1c(C)nn(-c2cccc(F)c2)c1N1CCN(C(C)C)CC1)C(C)C. The number of para-hydroxylation sites is 1. The predicted octanol–water partition coefficient (Wildman–Crippen LogP) is 5.60. The van der Waals surface area contributed by atoms with Crippen LogP contribution in [0.3, 0.4) is 0 Å². The molecule has 1 aliphatic heterocycles. The molecule has 0 radical (unpaired) electrons. The van der Waals surface area contributed by atoms with E-state index in [2.05, 4.69) is 29.0 Å². The number of nitrogens with zero attached hydrogens (tertiary/aromatic N) is 5. The van der Waals surface area contributed by atoms with Gasteiger partial charge in [-0.25, -0.2) is 13.9 Å². The third kappa shape index (κ3) is 5.96. The molecule has 7 nitrogen and oxygen atoms in total. The van der Waals surface area contributed by atoms with Gasteiger partial charge in [-0.1, -0.05) is 24.3 Å². The molecule has 2 heterocycles. The summed E-state index contributed by atoms with van der Waals surface area (Å²) in [5.74, 6) is 0.630. The van der Waals surface area contributed by atoms with Gasteiger partial charge in [0.15, 0.2) is 0 Å². The minimum absolute atomic E-state index is 0.0356. The van der Waals surface area contributed by atoms with Crippen molar-refractivity contribution >= 4 is 17.5 Å². The van der Waals surface area contributed by atoms with Crippen LogP contribution in [0, 0.1) is 19.7 Å². The first-order valence-electron chi connectivity index (χ1n) is 13.1. The Morgan fingerprint density at radius 1 is 1.03 bits per heavy atom. The van der Waals surface area contributed by atoms with Crippen LogP contribution in [0.4, 0.5) is 20.7 Å². The molecule has 4 rings (SSSR count). The van der Waals surface area contributed by atoms with Gasteiger partial charge in [-0.05, 0) is 71.4 Å². The zero-order valence-electron chi connectivity index (χ0n) is 22.8. The molecular formula is C29H39FN6O. The molecule has 198 valence electrons. The van der Waals surface area contributed by atoms with Crippen LogP contribution in [0.15, 0.2) is 48.5 Å². The Morgan fingerprint density at radius 3 is 2.35 bits per heavy atom. The minimum Gasteiger partial charge on any atom is -0.354 e. The Hall–Kier alpha value is -3.39. The van der Waals surface area contributed by atoms with Crippen molar-refractivity contribution in [2.24, 2.45) is 0 Å². The molecule has 1 fully saturated rings. The van der Waals surface area contributed by atoms with Gasteiger partial charge in [0.25, 0.3) is 0 Å². The van der Waals surface area contributed by atoms with E-state index in [-0.39, 0.29) is 17.9 Å². The number of urea groups is 1. The molecule has 1 aliphatic rings. The van der Waals surface area contributed by atoms with Crippen molar-refractivity contribution in [3.63, 3.8) is 0 Å². The van der Waals surface area contributed by atoms with Crippen LogP contribution in [0.5, 0.6) is 0 Å². The lowest BCUT2D eigenvalue weighted by Gasteiger charge is -2.39. The van der Waals surface area contributed by atoms with Crippen LogP contribution < -0.4 is 10.2 Å². The molecule has 3 aromatic rings. The van der Waals surface area contributed by atoms with E-state index < -0.39 is 0 Å². The molecule has 2 amide bonds. The summed E-state index contributed by atoms with van der Waals surface area (Å²) >= 11 is 0. The normalized spacial score (nSPS) is 14.5. The van der Waals surface area contributed by atoms with Crippen LogP contribution in [-0.2, 0) is 6.54 Å². The van der Waals surface area contributed by atoms with E-state index in [4.69, 9.17) is 5.10 Å². The monoisotopic (exact) mass is 506 g/mol. The third-order valence-corrected chi connectivity index (χ3v) is 7.15. The van der Waals surface area contributed by atoms with Gasteiger partial charge in [-0.3, -0.25) is 4.90 Å². The fourth-order valence-electron chi connectivity index (χ4n) is 4.85. The number of aryl methyl sites for hydroxylation is 2. The number of amides is 2. The molecule has 0 saturated carbocycles. The van der Waals surface area contributed by atoms with E-state index >= 15 is 0 Å².